The summed E-state index contributed by atoms with van der Waals surface area (Å²) >= 11 is 0. The maximum atomic E-state index is 13.3. The molecule has 18 heteroatoms. The highest BCUT2D eigenvalue weighted by Gasteiger charge is 2.32. The van der Waals surface area contributed by atoms with Crippen LogP contribution in [0, 0.1) is 11.6 Å². The minimum atomic E-state index is -1.19. The Bertz CT molecular complexity index is 2720. The number of aliphatic hydroxyl groups excluding tert-OH is 1. The smallest absolute Gasteiger partial charge is 0.296 e. The van der Waals surface area contributed by atoms with E-state index in [-0.39, 0.29) is 50.1 Å². The Kier molecular flexibility index (Phi) is 16.5. The van der Waals surface area contributed by atoms with Gasteiger partial charge in [-0.25, -0.2) is 38.6 Å². The first-order chi connectivity index (χ1) is 32.5. The zero-order chi connectivity index (χ0) is 48.6. The second kappa shape index (κ2) is 22.3. The number of carbonyl (C=O) groups excluding carboxylic acids is 3. The number of ether oxygens (including phenoxy) is 2. The van der Waals surface area contributed by atoms with Gasteiger partial charge in [-0.2, -0.15) is 0 Å². The lowest BCUT2D eigenvalue weighted by Gasteiger charge is -2.27. The molecule has 0 radical (unpaired) electrons. The van der Waals surface area contributed by atoms with Gasteiger partial charge in [-0.3, -0.25) is 9.59 Å². The first-order valence-corrected chi connectivity index (χ1v) is 30.5. The number of aldehydes is 1. The van der Waals surface area contributed by atoms with E-state index in [1.165, 1.54) is 34.4 Å². The monoisotopic (exact) mass is 968 g/mol. The van der Waals surface area contributed by atoms with Crippen LogP contribution in [0.25, 0.3) is 21.8 Å². The number of fused-ring (bicyclic) bond motifs is 6. The standard InChI is InChI=1S/C25H32FN3O4Si.C25H30FN3O4Si/c2*1-34(2,3)13-12-32-17-33-29-10-8-21-23-19(9-11-30)16-28(15-18-4-6-20(26)7-5-18)22(23)14-27-24(21)25(29)31/h4-7,14,16,30H,8-13,15,17H2,1-3H3;4-7,11,14,16H,8-10,12-13,15,17H2,1-3H3. The Morgan fingerprint density at radius 2 is 1.09 bits per heavy atom. The third-order valence-corrected chi connectivity index (χ3v) is 15.4. The molecule has 0 unspecified atom stereocenters. The van der Waals surface area contributed by atoms with Gasteiger partial charge in [0.1, 0.15) is 29.3 Å². The summed E-state index contributed by atoms with van der Waals surface area (Å²) in [5.41, 5.74) is 7.86. The van der Waals surface area contributed by atoms with Crippen molar-refractivity contribution in [3.8, 4) is 0 Å². The van der Waals surface area contributed by atoms with Gasteiger partial charge in [-0.15, -0.1) is 0 Å². The van der Waals surface area contributed by atoms with Crippen molar-refractivity contribution < 1.29 is 47.4 Å². The minimum Gasteiger partial charge on any atom is -0.396 e. The second-order valence-corrected chi connectivity index (χ2v) is 30.8. The molecule has 0 spiro atoms. The molecule has 68 heavy (non-hydrogen) atoms. The van der Waals surface area contributed by atoms with E-state index in [4.69, 9.17) is 19.1 Å². The number of rotatable bonds is 20. The number of aliphatic hydroxyl groups is 1. The van der Waals surface area contributed by atoms with E-state index in [0.29, 0.717) is 70.0 Å². The summed E-state index contributed by atoms with van der Waals surface area (Å²) in [6.07, 6.45) is 10.0. The molecule has 0 saturated carbocycles. The molecule has 0 saturated heterocycles. The maximum Gasteiger partial charge on any atom is 0.296 e. The molecule has 6 heterocycles. The van der Waals surface area contributed by atoms with Gasteiger partial charge in [0.15, 0.2) is 13.6 Å². The molecule has 362 valence electrons. The zero-order valence-corrected chi connectivity index (χ0v) is 41.9. The van der Waals surface area contributed by atoms with Crippen molar-refractivity contribution in [3.63, 3.8) is 0 Å². The van der Waals surface area contributed by atoms with E-state index in [0.717, 1.165) is 73.6 Å². The van der Waals surface area contributed by atoms with Crippen LogP contribution in [0.4, 0.5) is 8.78 Å². The number of carbonyl (C=O) groups is 3. The van der Waals surface area contributed by atoms with Crippen LogP contribution in [-0.2, 0) is 62.7 Å². The van der Waals surface area contributed by atoms with E-state index < -0.39 is 16.1 Å². The number of hydrogen-bond donors (Lipinski definition) is 1. The highest BCUT2D eigenvalue weighted by molar-refractivity contribution is 6.76. The van der Waals surface area contributed by atoms with Gasteiger partial charge in [-0.1, -0.05) is 63.5 Å². The first kappa shape index (κ1) is 50.4. The van der Waals surface area contributed by atoms with Crippen molar-refractivity contribution >= 4 is 56.1 Å². The molecule has 4 aromatic heterocycles. The summed E-state index contributed by atoms with van der Waals surface area (Å²) in [5.74, 6) is -1.15. The van der Waals surface area contributed by atoms with E-state index >= 15 is 0 Å². The molecular formula is C50H62F2N6O8Si2. The molecular weight excluding hydrogens is 907 g/mol. The Labute approximate surface area is 397 Å². The molecule has 0 fully saturated rings. The van der Waals surface area contributed by atoms with Crippen LogP contribution in [0.3, 0.4) is 0 Å². The lowest BCUT2D eigenvalue weighted by Crippen LogP contribution is -2.39. The van der Waals surface area contributed by atoms with Gasteiger partial charge in [0.25, 0.3) is 11.8 Å². The van der Waals surface area contributed by atoms with Crippen molar-refractivity contribution in [1.82, 2.24) is 29.2 Å². The van der Waals surface area contributed by atoms with Gasteiger partial charge in [0.05, 0.1) is 36.5 Å². The minimum absolute atomic E-state index is 0.00466. The van der Waals surface area contributed by atoms with Crippen molar-refractivity contribution in [2.75, 3.05) is 46.5 Å². The zero-order valence-electron chi connectivity index (χ0n) is 39.9. The summed E-state index contributed by atoms with van der Waals surface area (Å²) in [4.78, 5) is 57.7. The van der Waals surface area contributed by atoms with E-state index in [1.807, 2.05) is 21.5 Å². The SMILES string of the molecule is C[Si](C)(C)CCOCON1CCc2c(ncc3c2c(CC=O)cn3Cc2ccc(F)cc2)C1=O.C[Si](C)(C)CCOCON1CCc2c(ncc3c2c(CCO)cn3Cc2ccc(F)cc2)C1=O. The molecule has 14 nitrogen and oxygen atoms in total. The van der Waals surface area contributed by atoms with Crippen molar-refractivity contribution in [2.45, 2.75) is 90.1 Å². The first-order valence-electron chi connectivity index (χ1n) is 23.1. The molecule has 2 aromatic carbocycles. The molecule has 8 rings (SSSR count). The number of nitrogens with zero attached hydrogens (tertiary/aromatic N) is 6. The van der Waals surface area contributed by atoms with Crippen LogP contribution in [0.5, 0.6) is 0 Å². The molecule has 0 atom stereocenters. The predicted molar refractivity (Wildman–Crippen MR) is 261 cm³/mol. The highest BCUT2D eigenvalue weighted by Crippen LogP contribution is 2.33. The molecule has 0 aliphatic carbocycles. The molecule has 6 aromatic rings. The average Bonchev–Trinajstić information content (AvgIpc) is 3.83. The summed E-state index contributed by atoms with van der Waals surface area (Å²) in [5, 5.41) is 14.1. The van der Waals surface area contributed by atoms with Gasteiger partial charge < -0.3 is 28.5 Å². The highest BCUT2D eigenvalue weighted by atomic mass is 28.3. The van der Waals surface area contributed by atoms with E-state index in [1.54, 1.807) is 36.7 Å². The lowest BCUT2D eigenvalue weighted by atomic mass is 9.98. The topological polar surface area (TPSA) is 150 Å². The number of hydroxylamine groups is 4. The van der Waals surface area contributed by atoms with Crippen LogP contribution >= 0.6 is 0 Å². The fraction of sp³-hybridized carbons (Fsp3) is 0.420. The summed E-state index contributed by atoms with van der Waals surface area (Å²) in [6.45, 7) is 16.8. The molecule has 2 aliphatic rings. The fourth-order valence-corrected chi connectivity index (χ4v) is 9.83. The molecule has 2 amide bonds. The number of hydrogen-bond acceptors (Lipinski definition) is 10. The second-order valence-electron chi connectivity index (χ2n) is 19.6. The van der Waals surface area contributed by atoms with Gasteiger partial charge >= 0.3 is 0 Å². The van der Waals surface area contributed by atoms with Gasteiger partial charge in [0, 0.05) is 78.6 Å². The van der Waals surface area contributed by atoms with Crippen molar-refractivity contribution in [2.24, 2.45) is 0 Å². The number of benzene rings is 2. The number of amides is 2. The number of pyridine rings is 2. The van der Waals surface area contributed by atoms with E-state index in [9.17, 15) is 28.3 Å². The molecule has 0 bridgehead atoms. The summed E-state index contributed by atoms with van der Waals surface area (Å²) < 4.78 is 41.8. The predicted octanol–water partition coefficient (Wildman–Crippen LogP) is 8.21. The Hall–Kier alpha value is -5.48. The van der Waals surface area contributed by atoms with Crippen LogP contribution in [0.15, 0.2) is 73.3 Å². The Morgan fingerprint density at radius 3 is 1.50 bits per heavy atom. The number of halogens is 2. The lowest BCUT2D eigenvalue weighted by molar-refractivity contribution is -0.195. The normalized spacial score (nSPS) is 14.1. The molecule has 2 aliphatic heterocycles. The van der Waals surface area contributed by atoms with Gasteiger partial charge in [-0.05, 0) is 89.0 Å². The van der Waals surface area contributed by atoms with Crippen LogP contribution in [0.1, 0.15) is 54.4 Å². The van der Waals surface area contributed by atoms with Crippen LogP contribution in [-0.4, -0.2) is 115 Å². The number of aromatic nitrogens is 4. The quantitative estimate of drug-likeness (QED) is 0.0343. The van der Waals surface area contributed by atoms with Gasteiger partial charge in [0.2, 0.25) is 0 Å². The average molecular weight is 969 g/mol. The van der Waals surface area contributed by atoms with E-state index in [2.05, 4.69) is 49.3 Å². The largest absolute Gasteiger partial charge is 0.396 e. The third-order valence-electron chi connectivity index (χ3n) is 12.0. The fourth-order valence-electron chi connectivity index (χ4n) is 8.31. The van der Waals surface area contributed by atoms with Crippen molar-refractivity contribution in [1.29, 1.82) is 0 Å². The Morgan fingerprint density at radius 1 is 0.662 bits per heavy atom. The van der Waals surface area contributed by atoms with Crippen LogP contribution < -0.4 is 0 Å². The van der Waals surface area contributed by atoms with Crippen molar-refractivity contribution in [3.05, 3.63) is 130 Å². The Balaban J connectivity index is 0.000000201. The summed E-state index contributed by atoms with van der Waals surface area (Å²) in [7, 11) is -2.37. The van der Waals surface area contributed by atoms with Crippen LogP contribution in [0.2, 0.25) is 51.4 Å². The third kappa shape index (κ3) is 12.6. The molecule has 1 N–H and O–H groups in total. The summed E-state index contributed by atoms with van der Waals surface area (Å²) in [6, 6.07) is 14.8. The maximum absolute atomic E-state index is 13.3.